The lowest BCUT2D eigenvalue weighted by atomic mass is 10.2. The van der Waals surface area contributed by atoms with Crippen LogP contribution in [0.3, 0.4) is 0 Å². The molecule has 0 amide bonds. The Morgan fingerprint density at radius 3 is 2.76 bits per heavy atom. The summed E-state index contributed by atoms with van der Waals surface area (Å²) in [5.41, 5.74) is 3.69. The maximum atomic E-state index is 4.78. The molecular weight excluding hydrogens is 302 g/mol. The fourth-order valence-corrected chi connectivity index (χ4v) is 3.43. The van der Waals surface area contributed by atoms with Gasteiger partial charge in [0.2, 0.25) is 0 Å². The fourth-order valence-electron chi connectivity index (χ4n) is 2.61. The first kappa shape index (κ1) is 16.4. The fraction of sp³-hybridized carbons (Fsp3) is 0.438. The third-order valence-corrected chi connectivity index (χ3v) is 4.86. The van der Waals surface area contributed by atoms with E-state index in [1.165, 1.54) is 23.2 Å². The summed E-state index contributed by atoms with van der Waals surface area (Å²) in [5, 5.41) is 6.73. The van der Waals surface area contributed by atoms with E-state index in [9.17, 15) is 0 Å². The van der Waals surface area contributed by atoms with Crippen LogP contribution in [0.5, 0.6) is 0 Å². The van der Waals surface area contributed by atoms with Gasteiger partial charge in [0.15, 0.2) is 0 Å². The highest BCUT2D eigenvalue weighted by Gasteiger charge is 2.19. The summed E-state index contributed by atoms with van der Waals surface area (Å²) in [5.74, 6) is 0. The number of nitrogens with zero attached hydrogens (tertiary/aromatic N) is 2. The van der Waals surface area contributed by atoms with Crippen molar-refractivity contribution in [3.05, 3.63) is 40.9 Å². The highest BCUT2D eigenvalue weighted by molar-refractivity contribution is 7.13. The standard InChI is InChI=1S/C16H21N3S.ClH/c1-12-3-5-13(6-4-12)16-18-14(11-20-16)10-19(2)15-7-8-17-9-15;/h3-6,11,15,17H,7-10H2,1-2H3;1H. The van der Waals surface area contributed by atoms with Crippen molar-refractivity contribution in [3.63, 3.8) is 0 Å². The molecule has 0 saturated carbocycles. The zero-order chi connectivity index (χ0) is 13.9. The third kappa shape index (κ3) is 4.04. The SMILES string of the molecule is Cc1ccc(-c2nc(CN(C)C3CCNC3)cs2)cc1.Cl. The predicted octanol–water partition coefficient (Wildman–Crippen LogP) is 3.33. The number of thiazole rings is 1. The van der Waals surface area contributed by atoms with E-state index in [4.69, 9.17) is 4.98 Å². The number of halogens is 1. The number of aryl methyl sites for hydroxylation is 1. The van der Waals surface area contributed by atoms with Gasteiger partial charge in [0.1, 0.15) is 5.01 Å². The molecule has 2 heterocycles. The number of aromatic nitrogens is 1. The minimum atomic E-state index is 0. The second-order valence-electron chi connectivity index (χ2n) is 5.57. The summed E-state index contributed by atoms with van der Waals surface area (Å²) in [6, 6.07) is 9.25. The summed E-state index contributed by atoms with van der Waals surface area (Å²) in [7, 11) is 2.20. The maximum absolute atomic E-state index is 4.78. The van der Waals surface area contributed by atoms with Gasteiger partial charge in [-0.2, -0.15) is 0 Å². The molecule has 1 N–H and O–H groups in total. The summed E-state index contributed by atoms with van der Waals surface area (Å²) in [6.07, 6.45) is 1.24. The van der Waals surface area contributed by atoms with Crippen LogP contribution in [0, 0.1) is 6.92 Å². The molecule has 1 fully saturated rings. The van der Waals surface area contributed by atoms with Gasteiger partial charge in [-0.05, 0) is 26.9 Å². The van der Waals surface area contributed by atoms with Crippen molar-refractivity contribution in [1.29, 1.82) is 0 Å². The average molecular weight is 324 g/mol. The van der Waals surface area contributed by atoms with Crippen LogP contribution >= 0.6 is 23.7 Å². The maximum Gasteiger partial charge on any atom is 0.123 e. The molecule has 1 unspecified atom stereocenters. The van der Waals surface area contributed by atoms with E-state index in [1.807, 2.05) is 0 Å². The lowest BCUT2D eigenvalue weighted by Crippen LogP contribution is -2.32. The van der Waals surface area contributed by atoms with E-state index >= 15 is 0 Å². The summed E-state index contributed by atoms with van der Waals surface area (Å²) < 4.78 is 0. The minimum Gasteiger partial charge on any atom is -0.315 e. The molecule has 5 heteroatoms. The van der Waals surface area contributed by atoms with Crippen LogP contribution in [0.4, 0.5) is 0 Å². The van der Waals surface area contributed by atoms with Gasteiger partial charge >= 0.3 is 0 Å². The van der Waals surface area contributed by atoms with Crippen LogP contribution in [0.15, 0.2) is 29.6 Å². The normalized spacial score (nSPS) is 18.0. The molecule has 21 heavy (non-hydrogen) atoms. The largest absolute Gasteiger partial charge is 0.315 e. The van der Waals surface area contributed by atoms with Crippen molar-refractivity contribution in [2.75, 3.05) is 20.1 Å². The molecule has 0 spiro atoms. The first-order valence-corrected chi connectivity index (χ1v) is 8.03. The Hall–Kier alpha value is -0.940. The molecule has 3 rings (SSSR count). The Labute approximate surface area is 136 Å². The smallest absolute Gasteiger partial charge is 0.123 e. The Morgan fingerprint density at radius 1 is 1.33 bits per heavy atom. The minimum absolute atomic E-state index is 0. The second kappa shape index (κ2) is 7.36. The van der Waals surface area contributed by atoms with Crippen molar-refractivity contribution in [3.8, 4) is 10.6 Å². The Bertz CT molecular complexity index is 561. The lowest BCUT2D eigenvalue weighted by molar-refractivity contribution is 0.246. The van der Waals surface area contributed by atoms with Crippen molar-refractivity contribution < 1.29 is 0 Å². The van der Waals surface area contributed by atoms with Gasteiger partial charge in [0.25, 0.3) is 0 Å². The number of hydrogen-bond acceptors (Lipinski definition) is 4. The topological polar surface area (TPSA) is 28.2 Å². The van der Waals surface area contributed by atoms with Gasteiger partial charge in [-0.25, -0.2) is 4.98 Å². The van der Waals surface area contributed by atoms with E-state index in [0.29, 0.717) is 6.04 Å². The summed E-state index contributed by atoms with van der Waals surface area (Å²) >= 11 is 1.74. The lowest BCUT2D eigenvalue weighted by Gasteiger charge is -2.22. The molecule has 1 saturated heterocycles. The van der Waals surface area contributed by atoms with Gasteiger partial charge in [0.05, 0.1) is 5.69 Å². The number of nitrogens with one attached hydrogen (secondary N) is 1. The number of rotatable bonds is 4. The van der Waals surface area contributed by atoms with Crippen molar-refractivity contribution in [2.24, 2.45) is 0 Å². The van der Waals surface area contributed by atoms with E-state index in [1.54, 1.807) is 11.3 Å². The van der Waals surface area contributed by atoms with Gasteiger partial charge < -0.3 is 5.32 Å². The Balaban J connectivity index is 0.00000161. The molecule has 0 aliphatic carbocycles. The van der Waals surface area contributed by atoms with Crippen LogP contribution < -0.4 is 5.32 Å². The van der Waals surface area contributed by atoms with E-state index in [2.05, 4.69) is 53.8 Å². The first-order valence-electron chi connectivity index (χ1n) is 7.15. The molecule has 114 valence electrons. The molecular formula is C16H22ClN3S. The molecule has 1 aromatic carbocycles. The zero-order valence-corrected chi connectivity index (χ0v) is 14.1. The van der Waals surface area contributed by atoms with Gasteiger partial charge in [-0.15, -0.1) is 23.7 Å². The van der Waals surface area contributed by atoms with Crippen LogP contribution in [0.1, 0.15) is 17.7 Å². The van der Waals surface area contributed by atoms with E-state index in [0.717, 1.165) is 24.6 Å². The molecule has 1 atom stereocenters. The van der Waals surface area contributed by atoms with Crippen LogP contribution in [0.25, 0.3) is 10.6 Å². The van der Waals surface area contributed by atoms with Crippen molar-refractivity contribution in [1.82, 2.24) is 15.2 Å². The Kier molecular flexibility index (Phi) is 5.76. The molecule has 3 nitrogen and oxygen atoms in total. The number of benzene rings is 1. The summed E-state index contributed by atoms with van der Waals surface area (Å²) in [6.45, 7) is 5.29. The quantitative estimate of drug-likeness (QED) is 0.935. The van der Waals surface area contributed by atoms with Gasteiger partial charge in [-0.3, -0.25) is 4.90 Å². The first-order chi connectivity index (χ1) is 9.72. The number of hydrogen-bond donors (Lipinski definition) is 1. The van der Waals surface area contributed by atoms with E-state index in [-0.39, 0.29) is 12.4 Å². The third-order valence-electron chi connectivity index (χ3n) is 3.92. The molecule has 0 bridgehead atoms. The van der Waals surface area contributed by atoms with Crippen LogP contribution in [-0.2, 0) is 6.54 Å². The average Bonchev–Trinajstić information content (AvgIpc) is 3.10. The molecule has 2 aromatic rings. The molecule has 1 aliphatic heterocycles. The van der Waals surface area contributed by atoms with Crippen molar-refractivity contribution in [2.45, 2.75) is 25.9 Å². The molecule has 1 aromatic heterocycles. The highest BCUT2D eigenvalue weighted by atomic mass is 35.5. The molecule has 0 radical (unpaired) electrons. The van der Waals surface area contributed by atoms with E-state index < -0.39 is 0 Å². The summed E-state index contributed by atoms with van der Waals surface area (Å²) in [4.78, 5) is 7.19. The molecule has 1 aliphatic rings. The predicted molar refractivity (Wildman–Crippen MR) is 92.3 cm³/mol. The van der Waals surface area contributed by atoms with Crippen LogP contribution in [-0.4, -0.2) is 36.1 Å². The monoisotopic (exact) mass is 323 g/mol. The van der Waals surface area contributed by atoms with Gasteiger partial charge in [-0.1, -0.05) is 29.8 Å². The van der Waals surface area contributed by atoms with Crippen LogP contribution in [0.2, 0.25) is 0 Å². The zero-order valence-electron chi connectivity index (χ0n) is 12.5. The highest BCUT2D eigenvalue weighted by Crippen LogP contribution is 2.24. The number of likely N-dealkylation sites (N-methyl/N-ethyl adjacent to an activating group) is 1. The van der Waals surface area contributed by atoms with Crippen molar-refractivity contribution >= 4 is 23.7 Å². The van der Waals surface area contributed by atoms with Gasteiger partial charge in [0, 0.05) is 30.1 Å². The Morgan fingerprint density at radius 2 is 2.10 bits per heavy atom. The second-order valence-corrected chi connectivity index (χ2v) is 6.43.